The summed E-state index contributed by atoms with van der Waals surface area (Å²) in [4.78, 5) is 17.3. The SMILES string of the molecule is CS(=O)(=O)N1CCC(n2nc(C(F)(F)F)cc2CC(=Nc2cc(F)cc(Cl)c2)NC(=O)c2cccc(Cl)c2)CC1. The number of carbonyl (C=O) groups excluding carboxylic acids is 1. The fourth-order valence-corrected chi connectivity index (χ4v) is 5.59. The van der Waals surface area contributed by atoms with E-state index in [1.807, 2.05) is 0 Å². The van der Waals surface area contributed by atoms with Crippen LogP contribution in [0.25, 0.3) is 0 Å². The van der Waals surface area contributed by atoms with Gasteiger partial charge >= 0.3 is 6.18 Å². The lowest BCUT2D eigenvalue weighted by molar-refractivity contribution is -0.141. The van der Waals surface area contributed by atoms with Crippen molar-refractivity contribution in [1.82, 2.24) is 19.4 Å². The van der Waals surface area contributed by atoms with Crippen LogP contribution in [-0.2, 0) is 22.6 Å². The van der Waals surface area contributed by atoms with Crippen LogP contribution in [0.2, 0.25) is 10.0 Å². The van der Waals surface area contributed by atoms with Gasteiger partial charge in [0, 0.05) is 40.8 Å². The molecule has 1 aromatic heterocycles. The second-order valence-corrected chi connectivity index (χ2v) is 12.0. The molecule has 0 unspecified atom stereocenters. The molecule has 1 aliphatic rings. The molecule has 4 rings (SSSR count). The summed E-state index contributed by atoms with van der Waals surface area (Å²) in [5.74, 6) is -1.45. The van der Waals surface area contributed by atoms with Gasteiger partial charge in [-0.05, 0) is 55.3 Å². The number of benzene rings is 2. The molecule has 8 nitrogen and oxygen atoms in total. The second-order valence-electron chi connectivity index (χ2n) is 9.18. The Bertz CT molecular complexity index is 1530. The maximum Gasteiger partial charge on any atom is 0.435 e. The van der Waals surface area contributed by atoms with Crippen molar-refractivity contribution in [3.05, 3.63) is 81.3 Å². The van der Waals surface area contributed by atoms with E-state index >= 15 is 0 Å². The van der Waals surface area contributed by atoms with Gasteiger partial charge in [0.15, 0.2) is 5.69 Å². The first-order chi connectivity index (χ1) is 18.7. The molecule has 1 aliphatic heterocycles. The Balaban J connectivity index is 1.71. The van der Waals surface area contributed by atoms with E-state index < -0.39 is 39.7 Å². The Morgan fingerprint density at radius 1 is 1.10 bits per heavy atom. The van der Waals surface area contributed by atoms with Crippen molar-refractivity contribution < 1.29 is 30.8 Å². The maximum absolute atomic E-state index is 14.0. The Labute approximate surface area is 237 Å². The van der Waals surface area contributed by atoms with E-state index in [1.165, 1.54) is 27.2 Å². The fourth-order valence-electron chi connectivity index (χ4n) is 4.31. The van der Waals surface area contributed by atoms with Crippen LogP contribution in [0.5, 0.6) is 0 Å². The number of nitrogens with one attached hydrogen (secondary N) is 1. The van der Waals surface area contributed by atoms with Gasteiger partial charge in [0.1, 0.15) is 11.7 Å². The molecule has 0 bridgehead atoms. The molecule has 0 aliphatic carbocycles. The van der Waals surface area contributed by atoms with Crippen LogP contribution < -0.4 is 5.32 Å². The lowest BCUT2D eigenvalue weighted by Crippen LogP contribution is -2.39. The van der Waals surface area contributed by atoms with Crippen LogP contribution >= 0.6 is 23.2 Å². The first-order valence-corrected chi connectivity index (χ1v) is 14.5. The summed E-state index contributed by atoms with van der Waals surface area (Å²) in [5.41, 5.74) is -0.898. The minimum atomic E-state index is -4.76. The predicted molar refractivity (Wildman–Crippen MR) is 143 cm³/mol. The van der Waals surface area contributed by atoms with Crippen molar-refractivity contribution in [2.45, 2.75) is 31.5 Å². The molecule has 1 saturated heterocycles. The van der Waals surface area contributed by atoms with E-state index in [0.29, 0.717) is 0 Å². The van der Waals surface area contributed by atoms with Crippen LogP contribution in [0.1, 0.15) is 40.6 Å². The second kappa shape index (κ2) is 11.9. The van der Waals surface area contributed by atoms with E-state index in [4.69, 9.17) is 23.2 Å². The van der Waals surface area contributed by atoms with Gasteiger partial charge in [-0.15, -0.1) is 0 Å². The summed E-state index contributed by atoms with van der Waals surface area (Å²) in [7, 11) is -3.46. The molecule has 0 atom stereocenters. The van der Waals surface area contributed by atoms with Crippen LogP contribution in [0.15, 0.2) is 53.5 Å². The van der Waals surface area contributed by atoms with E-state index in [-0.39, 0.29) is 65.2 Å². The molecule has 1 amide bonds. The Kier molecular flexibility index (Phi) is 8.88. The van der Waals surface area contributed by atoms with Crippen LogP contribution in [0.3, 0.4) is 0 Å². The van der Waals surface area contributed by atoms with E-state index in [9.17, 15) is 30.8 Å². The van der Waals surface area contributed by atoms with Gasteiger partial charge in [-0.2, -0.15) is 18.3 Å². The molecular formula is C25H23Cl2F4N5O3S. The highest BCUT2D eigenvalue weighted by molar-refractivity contribution is 7.88. The summed E-state index contributed by atoms with van der Waals surface area (Å²) >= 11 is 11.9. The third kappa shape index (κ3) is 7.59. The number of carbonyl (C=O) groups is 1. The number of rotatable bonds is 6. The minimum Gasteiger partial charge on any atom is -0.310 e. The number of sulfonamides is 1. The predicted octanol–water partition coefficient (Wildman–Crippen LogP) is 5.65. The fraction of sp³-hybridized carbons (Fsp3) is 0.320. The van der Waals surface area contributed by atoms with Gasteiger partial charge in [0.2, 0.25) is 10.0 Å². The van der Waals surface area contributed by atoms with Crippen molar-refractivity contribution in [1.29, 1.82) is 0 Å². The largest absolute Gasteiger partial charge is 0.435 e. The Hall–Kier alpha value is -3.00. The Morgan fingerprint density at radius 3 is 2.40 bits per heavy atom. The summed E-state index contributed by atoms with van der Waals surface area (Å²) in [6.07, 6.45) is -3.57. The number of aliphatic imine (C=N–C) groups is 1. The smallest absolute Gasteiger partial charge is 0.310 e. The van der Waals surface area contributed by atoms with E-state index in [0.717, 1.165) is 24.5 Å². The van der Waals surface area contributed by atoms with Gasteiger partial charge in [0.25, 0.3) is 5.91 Å². The quantitative estimate of drug-likeness (QED) is 0.219. The molecule has 1 fully saturated rings. The summed E-state index contributed by atoms with van der Waals surface area (Å²) in [6.45, 7) is 0.219. The van der Waals surface area contributed by atoms with Gasteiger partial charge in [-0.1, -0.05) is 29.3 Å². The highest BCUT2D eigenvalue weighted by Crippen LogP contribution is 2.32. The van der Waals surface area contributed by atoms with Crippen molar-refractivity contribution >= 4 is 50.7 Å². The number of halogens is 6. The van der Waals surface area contributed by atoms with Gasteiger partial charge in [-0.25, -0.2) is 22.1 Å². The van der Waals surface area contributed by atoms with Gasteiger partial charge in [0.05, 0.1) is 18.0 Å². The first-order valence-electron chi connectivity index (χ1n) is 11.9. The van der Waals surface area contributed by atoms with Gasteiger partial charge < -0.3 is 5.32 Å². The van der Waals surface area contributed by atoms with E-state index in [1.54, 1.807) is 12.1 Å². The number of hydrogen-bond acceptors (Lipinski definition) is 5. The van der Waals surface area contributed by atoms with E-state index in [2.05, 4.69) is 15.4 Å². The standard InChI is InChI=1S/C25H23Cl2F4N5O3S/c1-40(38,39)35-7-5-20(6-8-35)36-21(13-22(34-36)25(29,30)31)14-23(32-19-11-17(27)10-18(28)12-19)33-24(37)15-3-2-4-16(26)9-15/h2-4,9-13,20H,5-8,14H2,1H3,(H,32,33,37). The molecule has 40 heavy (non-hydrogen) atoms. The number of aromatic nitrogens is 2. The van der Waals surface area contributed by atoms with Crippen molar-refractivity contribution in [2.75, 3.05) is 19.3 Å². The summed E-state index contributed by atoms with van der Waals surface area (Å²) < 4.78 is 81.3. The topological polar surface area (TPSA) is 96.7 Å². The van der Waals surface area contributed by atoms with Gasteiger partial charge in [-0.3, -0.25) is 9.48 Å². The van der Waals surface area contributed by atoms with Crippen molar-refractivity contribution in [3.63, 3.8) is 0 Å². The molecule has 0 saturated carbocycles. The monoisotopic (exact) mass is 619 g/mol. The minimum absolute atomic E-state index is 0.0231. The molecule has 0 spiro atoms. The third-order valence-electron chi connectivity index (χ3n) is 6.15. The summed E-state index contributed by atoms with van der Waals surface area (Å²) in [5, 5.41) is 6.68. The highest BCUT2D eigenvalue weighted by atomic mass is 35.5. The average molecular weight is 620 g/mol. The van der Waals surface area contributed by atoms with Crippen LogP contribution in [-0.4, -0.2) is 53.6 Å². The van der Waals surface area contributed by atoms with Crippen molar-refractivity contribution in [2.24, 2.45) is 4.99 Å². The number of amidine groups is 1. The summed E-state index contributed by atoms with van der Waals surface area (Å²) in [6, 6.07) is 9.74. The maximum atomic E-state index is 14.0. The molecule has 2 aromatic carbocycles. The Morgan fingerprint density at radius 2 is 1.80 bits per heavy atom. The zero-order valence-electron chi connectivity index (χ0n) is 20.9. The average Bonchev–Trinajstić information content (AvgIpc) is 3.27. The lowest BCUT2D eigenvalue weighted by atomic mass is 10.1. The number of nitrogens with zero attached hydrogens (tertiary/aromatic N) is 4. The third-order valence-corrected chi connectivity index (χ3v) is 7.90. The van der Waals surface area contributed by atoms with Crippen LogP contribution in [0.4, 0.5) is 23.2 Å². The molecule has 2 heterocycles. The van der Waals surface area contributed by atoms with Crippen molar-refractivity contribution in [3.8, 4) is 0 Å². The van der Waals surface area contributed by atoms with Crippen LogP contribution in [0, 0.1) is 5.82 Å². The first kappa shape index (κ1) is 30.0. The molecule has 3 aromatic rings. The lowest BCUT2D eigenvalue weighted by Gasteiger charge is -2.31. The highest BCUT2D eigenvalue weighted by Gasteiger charge is 2.37. The number of hydrogen-bond donors (Lipinski definition) is 1. The zero-order valence-corrected chi connectivity index (χ0v) is 23.2. The number of piperidine rings is 1. The molecule has 1 N–H and O–H groups in total. The number of alkyl halides is 3. The molecule has 214 valence electrons. The molecule has 0 radical (unpaired) electrons. The molecule has 15 heteroatoms. The molecular weight excluding hydrogens is 597 g/mol. The normalized spacial score (nSPS) is 15.8. The zero-order chi connectivity index (χ0) is 29.2. The number of amides is 1.